The maximum Gasteiger partial charge on any atom is 0.232 e. The zero-order valence-electron chi connectivity index (χ0n) is 11.6. The van der Waals surface area contributed by atoms with Crippen molar-refractivity contribution < 1.29 is 16.8 Å². The van der Waals surface area contributed by atoms with E-state index in [1.165, 1.54) is 24.3 Å². The van der Waals surface area contributed by atoms with E-state index >= 15 is 0 Å². The highest BCUT2D eigenvalue weighted by atomic mass is 32.2. The van der Waals surface area contributed by atoms with Gasteiger partial charge in [0.1, 0.15) is 0 Å². The largest absolute Gasteiger partial charge is 0.320 e. The Labute approximate surface area is 120 Å². The van der Waals surface area contributed by atoms with E-state index in [4.69, 9.17) is 0 Å². The summed E-state index contributed by atoms with van der Waals surface area (Å²) in [4.78, 5) is 0.162. The Morgan fingerprint density at radius 2 is 1.60 bits per heavy atom. The molecular weight excluding hydrogens is 300 g/mol. The Balaban J connectivity index is 2.64. The summed E-state index contributed by atoms with van der Waals surface area (Å²) in [5.74, 6) is 0.0442. The first-order chi connectivity index (χ1) is 9.24. The van der Waals surface area contributed by atoms with Crippen LogP contribution in [-0.2, 0) is 19.9 Å². The Bertz CT molecular complexity index is 622. The van der Waals surface area contributed by atoms with Gasteiger partial charge in [0.05, 0.1) is 10.6 Å². The van der Waals surface area contributed by atoms with Crippen molar-refractivity contribution in [3.8, 4) is 0 Å². The highest BCUT2D eigenvalue weighted by Gasteiger charge is 2.11. The number of hydrogen-bond acceptors (Lipinski definition) is 5. The second-order valence-electron chi connectivity index (χ2n) is 4.53. The lowest BCUT2D eigenvalue weighted by Gasteiger charge is -2.08. The minimum Gasteiger partial charge on any atom is -0.320 e. The van der Waals surface area contributed by atoms with Gasteiger partial charge in [-0.2, -0.15) is 0 Å². The van der Waals surface area contributed by atoms with Gasteiger partial charge in [-0.05, 0) is 50.7 Å². The van der Waals surface area contributed by atoms with E-state index in [1.807, 2.05) is 7.05 Å². The summed E-state index contributed by atoms with van der Waals surface area (Å²) in [6.45, 7) is 0.776. The van der Waals surface area contributed by atoms with Gasteiger partial charge in [0.25, 0.3) is 0 Å². The van der Waals surface area contributed by atoms with Crippen LogP contribution in [-0.4, -0.2) is 42.4 Å². The molecule has 0 fully saturated rings. The number of benzene rings is 1. The van der Waals surface area contributed by atoms with Gasteiger partial charge >= 0.3 is 0 Å². The van der Waals surface area contributed by atoms with Crippen LogP contribution in [0.2, 0.25) is 0 Å². The van der Waals surface area contributed by atoms with E-state index in [0.29, 0.717) is 12.1 Å². The molecule has 0 amide bonds. The Hall–Kier alpha value is -1.12. The molecule has 1 rings (SSSR count). The number of nitrogens with one attached hydrogen (secondary N) is 2. The van der Waals surface area contributed by atoms with Gasteiger partial charge in [-0.1, -0.05) is 0 Å². The number of unbranched alkanes of at least 4 members (excludes halogenated alkanes) is 1. The van der Waals surface area contributed by atoms with Gasteiger partial charge in [-0.15, -0.1) is 0 Å². The summed E-state index contributed by atoms with van der Waals surface area (Å²) in [7, 11) is -4.84. The van der Waals surface area contributed by atoms with Gasteiger partial charge < -0.3 is 5.32 Å². The Kier molecular flexibility index (Phi) is 5.97. The summed E-state index contributed by atoms with van der Waals surface area (Å²) < 4.78 is 48.6. The summed E-state index contributed by atoms with van der Waals surface area (Å²) in [5.41, 5.74) is 0.367. The molecule has 6 nitrogen and oxygen atoms in total. The van der Waals surface area contributed by atoms with Crippen molar-refractivity contribution in [3.05, 3.63) is 24.3 Å². The number of sulfonamides is 1. The van der Waals surface area contributed by atoms with E-state index in [2.05, 4.69) is 10.0 Å². The molecule has 0 saturated heterocycles. The Morgan fingerprint density at radius 3 is 2.10 bits per heavy atom. The number of anilines is 1. The molecule has 0 saturated carbocycles. The van der Waals surface area contributed by atoms with Crippen LogP contribution in [0.1, 0.15) is 12.8 Å². The van der Waals surface area contributed by atoms with Crippen LogP contribution in [0.5, 0.6) is 0 Å². The first-order valence-electron chi connectivity index (χ1n) is 6.20. The molecule has 0 bridgehead atoms. The maximum absolute atomic E-state index is 11.8. The van der Waals surface area contributed by atoms with Gasteiger partial charge in [-0.25, -0.2) is 16.8 Å². The molecule has 0 atom stereocenters. The second kappa shape index (κ2) is 7.05. The molecule has 0 spiro atoms. The quantitative estimate of drug-likeness (QED) is 0.692. The van der Waals surface area contributed by atoms with Crippen LogP contribution in [0, 0.1) is 0 Å². The first-order valence-corrected chi connectivity index (χ1v) is 9.74. The summed E-state index contributed by atoms with van der Waals surface area (Å²) in [6, 6.07) is 5.66. The van der Waals surface area contributed by atoms with E-state index in [9.17, 15) is 16.8 Å². The smallest absolute Gasteiger partial charge is 0.232 e. The van der Waals surface area contributed by atoms with Gasteiger partial charge in [0.2, 0.25) is 10.0 Å². The second-order valence-corrected chi connectivity index (χ2v) is 8.39. The number of sulfone groups is 1. The lowest BCUT2D eigenvalue weighted by Crippen LogP contribution is -2.18. The van der Waals surface area contributed by atoms with Gasteiger partial charge in [-0.3, -0.25) is 4.72 Å². The van der Waals surface area contributed by atoms with Crippen molar-refractivity contribution in [2.24, 2.45) is 0 Å². The normalized spacial score (nSPS) is 12.3. The zero-order chi connectivity index (χ0) is 15.2. The van der Waals surface area contributed by atoms with Crippen molar-refractivity contribution in [1.29, 1.82) is 0 Å². The molecule has 114 valence electrons. The van der Waals surface area contributed by atoms with Crippen molar-refractivity contribution in [2.75, 3.05) is 30.3 Å². The fourth-order valence-corrected chi connectivity index (χ4v) is 3.41. The molecule has 0 heterocycles. The molecule has 0 radical (unpaired) electrons. The molecule has 0 aliphatic carbocycles. The number of hydrogen-bond donors (Lipinski definition) is 2. The highest BCUT2D eigenvalue weighted by molar-refractivity contribution is 7.92. The molecule has 2 N–H and O–H groups in total. The minimum atomic E-state index is -3.39. The first kappa shape index (κ1) is 16.9. The van der Waals surface area contributed by atoms with E-state index in [-0.39, 0.29) is 10.6 Å². The van der Waals surface area contributed by atoms with Crippen LogP contribution in [0.4, 0.5) is 5.69 Å². The maximum atomic E-state index is 11.8. The van der Waals surface area contributed by atoms with Gasteiger partial charge in [0.15, 0.2) is 9.84 Å². The van der Waals surface area contributed by atoms with Crippen LogP contribution >= 0.6 is 0 Å². The van der Waals surface area contributed by atoms with E-state index in [0.717, 1.165) is 19.2 Å². The molecule has 1 aromatic rings. The molecule has 0 aliphatic rings. The molecule has 0 unspecified atom stereocenters. The molecule has 0 aliphatic heterocycles. The van der Waals surface area contributed by atoms with Crippen molar-refractivity contribution >= 4 is 25.5 Å². The molecule has 20 heavy (non-hydrogen) atoms. The van der Waals surface area contributed by atoms with E-state index < -0.39 is 19.9 Å². The van der Waals surface area contributed by atoms with Crippen molar-refractivity contribution in [1.82, 2.24) is 5.32 Å². The SMILES string of the molecule is CNCCCCS(=O)(=O)Nc1ccc(S(C)(=O)=O)cc1. The average Bonchev–Trinajstić information content (AvgIpc) is 2.34. The third-order valence-electron chi connectivity index (χ3n) is 2.65. The monoisotopic (exact) mass is 320 g/mol. The zero-order valence-corrected chi connectivity index (χ0v) is 13.2. The molecule has 0 aromatic heterocycles. The predicted octanol–water partition coefficient (Wildman–Crippen LogP) is 0.831. The summed E-state index contributed by atoms with van der Waals surface area (Å²) >= 11 is 0. The van der Waals surface area contributed by atoms with Crippen LogP contribution < -0.4 is 10.0 Å². The topological polar surface area (TPSA) is 92.3 Å². The third-order valence-corrected chi connectivity index (χ3v) is 5.15. The standard InChI is InChI=1S/C12H20N2O4S2/c1-13-9-3-4-10-20(17,18)14-11-5-7-12(8-6-11)19(2,15)16/h5-8,13-14H,3-4,9-10H2,1-2H3. The van der Waals surface area contributed by atoms with Crippen molar-refractivity contribution in [3.63, 3.8) is 0 Å². The van der Waals surface area contributed by atoms with Crippen molar-refractivity contribution in [2.45, 2.75) is 17.7 Å². The predicted molar refractivity (Wildman–Crippen MR) is 80.1 cm³/mol. The average molecular weight is 320 g/mol. The van der Waals surface area contributed by atoms with Crippen LogP contribution in [0.15, 0.2) is 29.2 Å². The fraction of sp³-hybridized carbons (Fsp3) is 0.500. The summed E-state index contributed by atoms with van der Waals surface area (Å²) in [5, 5.41) is 2.95. The lowest BCUT2D eigenvalue weighted by atomic mass is 10.3. The molecule has 8 heteroatoms. The van der Waals surface area contributed by atoms with Gasteiger partial charge in [0, 0.05) is 11.9 Å². The molecular formula is C12H20N2O4S2. The minimum absolute atomic E-state index is 0.0442. The molecule has 1 aromatic carbocycles. The fourth-order valence-electron chi connectivity index (χ4n) is 1.59. The van der Waals surface area contributed by atoms with Crippen LogP contribution in [0.25, 0.3) is 0 Å². The highest BCUT2D eigenvalue weighted by Crippen LogP contribution is 2.15. The lowest BCUT2D eigenvalue weighted by molar-refractivity contribution is 0.595. The number of rotatable bonds is 8. The summed E-state index contributed by atoms with van der Waals surface area (Å²) in [6.07, 6.45) is 2.45. The third kappa shape index (κ3) is 5.89. The Morgan fingerprint density at radius 1 is 1.00 bits per heavy atom. The van der Waals surface area contributed by atoms with E-state index in [1.54, 1.807) is 0 Å². The van der Waals surface area contributed by atoms with Crippen LogP contribution in [0.3, 0.4) is 0 Å².